The highest BCUT2D eigenvalue weighted by molar-refractivity contribution is 7.09. The van der Waals surface area contributed by atoms with Gasteiger partial charge >= 0.3 is 0 Å². The van der Waals surface area contributed by atoms with E-state index in [4.69, 9.17) is 5.73 Å². The van der Waals surface area contributed by atoms with Crippen LogP contribution in [0.2, 0.25) is 0 Å². The molecule has 2 N–H and O–H groups in total. The second-order valence-corrected chi connectivity index (χ2v) is 4.92. The maximum Gasteiger partial charge on any atom is 0.130 e. The molecule has 0 fully saturated rings. The van der Waals surface area contributed by atoms with Gasteiger partial charge in [-0.25, -0.2) is 8.78 Å². The van der Waals surface area contributed by atoms with Gasteiger partial charge in [0.25, 0.3) is 0 Å². The number of rotatable bonds is 4. The van der Waals surface area contributed by atoms with Crippen molar-refractivity contribution in [1.29, 1.82) is 0 Å². The van der Waals surface area contributed by atoms with Crippen LogP contribution in [0, 0.1) is 11.6 Å². The monoisotopic (exact) mass is 253 g/mol. The average molecular weight is 253 g/mol. The Balaban J connectivity index is 2.01. The molecular formula is C13H13F2NS. The van der Waals surface area contributed by atoms with E-state index in [0.29, 0.717) is 12.0 Å². The first-order valence-corrected chi connectivity index (χ1v) is 6.27. The lowest BCUT2D eigenvalue weighted by molar-refractivity contribution is 0.544. The van der Waals surface area contributed by atoms with E-state index in [-0.39, 0.29) is 0 Å². The molecule has 0 spiro atoms. The van der Waals surface area contributed by atoms with Crippen LogP contribution in [0.3, 0.4) is 0 Å². The van der Waals surface area contributed by atoms with Crippen molar-refractivity contribution >= 4 is 11.3 Å². The third-order valence-electron chi connectivity index (χ3n) is 2.64. The summed E-state index contributed by atoms with van der Waals surface area (Å²) in [6.45, 7) is 0. The van der Waals surface area contributed by atoms with Gasteiger partial charge < -0.3 is 5.73 Å². The average Bonchev–Trinajstić information content (AvgIpc) is 2.78. The largest absolute Gasteiger partial charge is 0.324 e. The van der Waals surface area contributed by atoms with Crippen LogP contribution < -0.4 is 5.73 Å². The number of thiophene rings is 1. The fourth-order valence-electron chi connectivity index (χ4n) is 1.71. The Morgan fingerprint density at radius 2 is 2.06 bits per heavy atom. The highest BCUT2D eigenvalue weighted by atomic mass is 32.1. The third-order valence-corrected chi connectivity index (χ3v) is 3.58. The number of aryl methyl sites for hydroxylation is 1. The Labute approximate surface area is 103 Å². The van der Waals surface area contributed by atoms with Crippen molar-refractivity contribution in [3.8, 4) is 0 Å². The fourth-order valence-corrected chi connectivity index (χ4v) is 2.44. The zero-order chi connectivity index (χ0) is 12.3. The molecule has 90 valence electrons. The molecule has 0 aliphatic heterocycles. The van der Waals surface area contributed by atoms with Gasteiger partial charge in [-0.1, -0.05) is 12.1 Å². The van der Waals surface area contributed by atoms with Crippen molar-refractivity contribution in [2.75, 3.05) is 0 Å². The molecule has 1 nitrogen and oxygen atoms in total. The molecule has 1 aromatic heterocycles. The highest BCUT2D eigenvalue weighted by Crippen LogP contribution is 2.21. The van der Waals surface area contributed by atoms with E-state index in [9.17, 15) is 8.78 Å². The van der Waals surface area contributed by atoms with Crippen molar-refractivity contribution < 1.29 is 8.78 Å². The normalized spacial score (nSPS) is 12.6. The van der Waals surface area contributed by atoms with E-state index in [1.54, 1.807) is 11.3 Å². The quantitative estimate of drug-likeness (QED) is 0.884. The minimum atomic E-state index is -0.572. The summed E-state index contributed by atoms with van der Waals surface area (Å²) in [5, 5.41) is 2.00. The summed E-state index contributed by atoms with van der Waals surface area (Å²) in [4.78, 5) is 1.22. The minimum Gasteiger partial charge on any atom is -0.324 e. The first-order valence-electron chi connectivity index (χ1n) is 5.39. The van der Waals surface area contributed by atoms with Crippen LogP contribution in [-0.4, -0.2) is 0 Å². The number of hydrogen-bond acceptors (Lipinski definition) is 2. The second kappa shape index (κ2) is 5.38. The molecule has 0 amide bonds. The predicted molar refractivity (Wildman–Crippen MR) is 65.9 cm³/mol. The first-order chi connectivity index (χ1) is 8.16. The zero-order valence-corrected chi connectivity index (χ0v) is 10.0. The van der Waals surface area contributed by atoms with Crippen LogP contribution >= 0.6 is 11.3 Å². The van der Waals surface area contributed by atoms with Crippen molar-refractivity contribution in [1.82, 2.24) is 0 Å². The molecule has 0 radical (unpaired) electrons. The lowest BCUT2D eigenvalue weighted by atomic mass is 10.0. The van der Waals surface area contributed by atoms with E-state index in [0.717, 1.165) is 12.5 Å². The van der Waals surface area contributed by atoms with Crippen LogP contribution in [0.15, 0.2) is 35.7 Å². The molecule has 1 unspecified atom stereocenters. The molecule has 0 aliphatic rings. The predicted octanol–water partition coefficient (Wildman–Crippen LogP) is 3.66. The summed E-state index contributed by atoms with van der Waals surface area (Å²) in [7, 11) is 0. The van der Waals surface area contributed by atoms with Crippen LogP contribution in [0.5, 0.6) is 0 Å². The number of nitrogens with two attached hydrogens (primary N) is 1. The molecule has 1 aromatic carbocycles. The molecule has 0 aliphatic carbocycles. The number of hydrogen-bond donors (Lipinski definition) is 1. The molecule has 1 atom stereocenters. The number of benzene rings is 1. The SMILES string of the molecule is NC(CCc1cccs1)c1ccc(F)cc1F. The number of halogens is 2. The van der Waals surface area contributed by atoms with Crippen molar-refractivity contribution in [2.24, 2.45) is 5.73 Å². The van der Waals surface area contributed by atoms with Gasteiger partial charge in [-0.2, -0.15) is 0 Å². The minimum absolute atomic E-state index is 0.378. The van der Waals surface area contributed by atoms with Gasteiger partial charge in [0.15, 0.2) is 0 Å². The molecule has 0 saturated heterocycles. The van der Waals surface area contributed by atoms with E-state index in [1.165, 1.54) is 17.0 Å². The molecule has 1 heterocycles. The Hall–Kier alpha value is -1.26. The summed E-state index contributed by atoms with van der Waals surface area (Å²) >= 11 is 1.66. The molecule has 4 heteroatoms. The van der Waals surface area contributed by atoms with E-state index >= 15 is 0 Å². The standard InChI is InChI=1S/C13H13F2NS/c14-9-3-5-11(12(15)8-9)13(16)6-4-10-2-1-7-17-10/h1-3,5,7-8,13H,4,6,16H2. The van der Waals surface area contributed by atoms with E-state index in [1.807, 2.05) is 17.5 Å². The molecule has 17 heavy (non-hydrogen) atoms. The Kier molecular flexibility index (Phi) is 3.86. The summed E-state index contributed by atoms with van der Waals surface area (Å²) in [6.07, 6.45) is 1.47. The molecule has 0 bridgehead atoms. The van der Waals surface area contributed by atoms with Gasteiger partial charge in [0.05, 0.1) is 0 Å². The molecule has 2 rings (SSSR count). The third kappa shape index (κ3) is 3.11. The summed E-state index contributed by atoms with van der Waals surface area (Å²) in [5.41, 5.74) is 6.28. The fraction of sp³-hybridized carbons (Fsp3) is 0.231. The first kappa shape index (κ1) is 12.2. The Morgan fingerprint density at radius 3 is 2.71 bits per heavy atom. The topological polar surface area (TPSA) is 26.0 Å². The summed E-state index contributed by atoms with van der Waals surface area (Å²) < 4.78 is 26.2. The van der Waals surface area contributed by atoms with Gasteiger partial charge in [0.2, 0.25) is 0 Å². The lowest BCUT2D eigenvalue weighted by Crippen LogP contribution is -2.13. The maximum absolute atomic E-state index is 13.4. The van der Waals surface area contributed by atoms with Crippen LogP contribution in [0.4, 0.5) is 8.78 Å². The Bertz CT molecular complexity index is 482. The van der Waals surface area contributed by atoms with Crippen molar-refractivity contribution in [3.63, 3.8) is 0 Å². The highest BCUT2D eigenvalue weighted by Gasteiger charge is 2.12. The second-order valence-electron chi connectivity index (χ2n) is 3.89. The van der Waals surface area contributed by atoms with Crippen LogP contribution in [0.25, 0.3) is 0 Å². The summed E-state index contributed by atoms with van der Waals surface area (Å²) in [6, 6.07) is 7.15. The lowest BCUT2D eigenvalue weighted by Gasteiger charge is -2.12. The van der Waals surface area contributed by atoms with Crippen molar-refractivity contribution in [2.45, 2.75) is 18.9 Å². The van der Waals surface area contributed by atoms with Gasteiger partial charge in [-0.05, 0) is 30.4 Å². The molecule has 0 saturated carbocycles. The maximum atomic E-state index is 13.4. The molecular weight excluding hydrogens is 240 g/mol. The smallest absolute Gasteiger partial charge is 0.130 e. The van der Waals surface area contributed by atoms with Crippen LogP contribution in [-0.2, 0) is 6.42 Å². The van der Waals surface area contributed by atoms with Crippen LogP contribution in [0.1, 0.15) is 22.9 Å². The van der Waals surface area contributed by atoms with Gasteiger partial charge in [0, 0.05) is 22.5 Å². The van der Waals surface area contributed by atoms with Gasteiger partial charge in [-0.15, -0.1) is 11.3 Å². The van der Waals surface area contributed by atoms with Crippen molar-refractivity contribution in [3.05, 3.63) is 57.8 Å². The molecule has 2 aromatic rings. The Morgan fingerprint density at radius 1 is 1.24 bits per heavy atom. The van der Waals surface area contributed by atoms with Gasteiger partial charge in [0.1, 0.15) is 11.6 Å². The summed E-state index contributed by atoms with van der Waals surface area (Å²) in [5.74, 6) is -1.14. The zero-order valence-electron chi connectivity index (χ0n) is 9.20. The van der Waals surface area contributed by atoms with E-state index in [2.05, 4.69) is 0 Å². The van der Waals surface area contributed by atoms with E-state index < -0.39 is 17.7 Å². The van der Waals surface area contributed by atoms with Gasteiger partial charge in [-0.3, -0.25) is 0 Å².